The standard InChI is InChI=1S/C10H15.C5H5.Ru/c1-4-10(2,3)9-7-5-6-8-9;1-2-4-5-3-1;/h5-8H,4H2,1-3H3;1-5H;. The molecule has 16 heavy (non-hydrogen) atoms. The summed E-state index contributed by atoms with van der Waals surface area (Å²) >= 11 is 0. The zero-order valence-electron chi connectivity index (χ0n) is 10.3. The van der Waals surface area contributed by atoms with Crippen molar-refractivity contribution in [3.05, 3.63) is 0 Å². The van der Waals surface area contributed by atoms with Crippen molar-refractivity contribution in [2.75, 3.05) is 0 Å². The molecule has 10 aliphatic rings. The van der Waals surface area contributed by atoms with E-state index in [1.54, 1.807) is 31.6 Å². The molecule has 0 saturated carbocycles. The van der Waals surface area contributed by atoms with Crippen molar-refractivity contribution < 1.29 is 7.72 Å². The summed E-state index contributed by atoms with van der Waals surface area (Å²) in [5.41, 5.74) is 0.788. The van der Waals surface area contributed by atoms with Gasteiger partial charge in [0.05, 0.1) is 0 Å². The first-order valence-electron chi connectivity index (χ1n) is 7.57. The van der Waals surface area contributed by atoms with E-state index in [0.29, 0.717) is 0 Å². The average molecular weight is 301 g/mol. The second-order valence-electron chi connectivity index (χ2n) is 11.9. The van der Waals surface area contributed by atoms with E-state index < -0.39 is 7.72 Å². The summed E-state index contributed by atoms with van der Waals surface area (Å²) < 4.78 is 15.0. The van der Waals surface area contributed by atoms with Crippen molar-refractivity contribution in [3.63, 3.8) is 0 Å². The van der Waals surface area contributed by atoms with Crippen molar-refractivity contribution in [2.24, 2.45) is 5.41 Å². The van der Waals surface area contributed by atoms with Gasteiger partial charge < -0.3 is 0 Å². The van der Waals surface area contributed by atoms with Gasteiger partial charge in [-0.3, -0.25) is 0 Å². The van der Waals surface area contributed by atoms with Gasteiger partial charge in [-0.1, -0.05) is 0 Å². The van der Waals surface area contributed by atoms with E-state index in [9.17, 15) is 0 Å². The van der Waals surface area contributed by atoms with E-state index in [-0.39, 0.29) is 0 Å². The third-order valence-corrected chi connectivity index (χ3v) is 84.0. The third-order valence-electron chi connectivity index (χ3n) is 16.6. The second kappa shape index (κ2) is 0.456. The average Bonchev–Trinajstić information content (AvgIpc) is 3.21. The second-order valence-corrected chi connectivity index (χ2v) is 49.0. The van der Waals surface area contributed by atoms with Crippen LogP contribution in [0.1, 0.15) is 27.2 Å². The Bertz CT molecular complexity index is 855. The summed E-state index contributed by atoms with van der Waals surface area (Å²) in [6, 6.07) is 0. The van der Waals surface area contributed by atoms with Gasteiger partial charge in [0.2, 0.25) is 0 Å². The zero-order valence-corrected chi connectivity index (χ0v) is 12.0. The fraction of sp³-hybridized carbons (Fsp3) is 1.00. The molecule has 10 fully saturated rings. The molecule has 0 radical (unpaired) electrons. The van der Waals surface area contributed by atoms with Gasteiger partial charge in [-0.2, -0.15) is 0 Å². The Balaban J connectivity index is 1.72. The molecule has 1 heteroatoms. The molecule has 10 aliphatic heterocycles. The molecule has 10 rings (SSSR count). The molecule has 10 saturated heterocycles. The first-order valence-corrected chi connectivity index (χ1v) is 17.5. The Morgan fingerprint density at radius 1 is 0.875 bits per heavy atom. The van der Waals surface area contributed by atoms with Crippen molar-refractivity contribution in [1.29, 1.82) is 0 Å². The summed E-state index contributed by atoms with van der Waals surface area (Å²) in [5, 5.41) is 0. The minimum absolute atomic E-state index is 0.788. The van der Waals surface area contributed by atoms with Crippen LogP contribution in [0.2, 0.25) is 44.6 Å². The summed E-state index contributed by atoms with van der Waals surface area (Å²) in [7, 11) is -3.00. The Hall–Kier alpha value is 0.623. The predicted octanol–water partition coefficient (Wildman–Crippen LogP) is 5.18. The van der Waals surface area contributed by atoms with Crippen LogP contribution in [0, 0.1) is 5.41 Å². The molecule has 0 bridgehead atoms. The number of hydrogen-bond donors (Lipinski definition) is 0. The maximum atomic E-state index is 2.71. The predicted molar refractivity (Wildman–Crippen MR) is 60.5 cm³/mol. The molecule has 88 valence electrons. The quantitative estimate of drug-likeness (QED) is 0.616. The first kappa shape index (κ1) is 6.18. The molecule has 1 spiro atoms. The molecule has 0 amide bonds. The van der Waals surface area contributed by atoms with Crippen molar-refractivity contribution in [2.45, 2.75) is 71.8 Å². The van der Waals surface area contributed by atoms with Crippen molar-refractivity contribution in [1.82, 2.24) is 0 Å². The van der Waals surface area contributed by atoms with Gasteiger partial charge in [0, 0.05) is 0 Å². The van der Waals surface area contributed by atoms with E-state index in [4.69, 9.17) is 0 Å². The van der Waals surface area contributed by atoms with E-state index in [0.717, 1.165) is 9.42 Å². The van der Waals surface area contributed by atoms with Crippen LogP contribution in [-0.2, 0) is 7.72 Å². The summed E-state index contributed by atoms with van der Waals surface area (Å²) in [4.78, 5) is 0. The van der Waals surface area contributed by atoms with Crippen LogP contribution in [0.4, 0.5) is 0 Å². The summed E-state index contributed by atoms with van der Waals surface area (Å²) in [6.45, 7) is 7.92. The Labute approximate surface area is 84.9 Å². The first-order chi connectivity index (χ1) is 7.36. The van der Waals surface area contributed by atoms with Gasteiger partial charge in [0.1, 0.15) is 0 Å². The maximum absolute atomic E-state index is 3.00. The number of hydrogen-bond acceptors (Lipinski definition) is 0. The third kappa shape index (κ3) is 0.0533. The topological polar surface area (TPSA) is 0 Å². The van der Waals surface area contributed by atoms with Crippen LogP contribution in [-0.4, -0.2) is 0 Å². The fourth-order valence-electron chi connectivity index (χ4n) is 18.4. The van der Waals surface area contributed by atoms with Gasteiger partial charge in [0.15, 0.2) is 0 Å². The zero-order chi connectivity index (χ0) is 10.2. The van der Waals surface area contributed by atoms with Crippen LogP contribution < -0.4 is 0 Å². The molecular weight excluding hydrogens is 281 g/mol. The van der Waals surface area contributed by atoms with Crippen LogP contribution >= 0.6 is 0 Å². The van der Waals surface area contributed by atoms with Crippen LogP contribution in [0.15, 0.2) is 0 Å². The van der Waals surface area contributed by atoms with E-state index in [2.05, 4.69) is 20.8 Å². The molecule has 0 nitrogen and oxygen atoms in total. The molecule has 4 atom stereocenters. The van der Waals surface area contributed by atoms with Gasteiger partial charge in [-0.25, -0.2) is 0 Å². The van der Waals surface area contributed by atoms with E-state index >= 15 is 0 Å². The fourth-order valence-corrected chi connectivity index (χ4v) is 156. The van der Waals surface area contributed by atoms with Crippen LogP contribution in [0.5, 0.6) is 0 Å². The molecule has 4 unspecified atom stereocenters. The van der Waals surface area contributed by atoms with E-state index in [1.165, 1.54) is 15.4 Å². The molecule has 0 aromatic carbocycles. The van der Waals surface area contributed by atoms with Crippen molar-refractivity contribution in [3.8, 4) is 0 Å². The van der Waals surface area contributed by atoms with E-state index in [1.807, 2.05) is 0 Å². The molecule has 0 aromatic heterocycles. The summed E-state index contributed by atoms with van der Waals surface area (Å²) in [5.74, 6) is 0. The Kier molecular flexibility index (Phi) is 0.176. The number of fused-ring (bicyclic) bond motifs is 10. The molecule has 0 aromatic rings. The Morgan fingerprint density at radius 2 is 1.31 bits per heavy atom. The van der Waals surface area contributed by atoms with Gasteiger partial charge >= 0.3 is 84.9 Å². The summed E-state index contributed by atoms with van der Waals surface area (Å²) in [6.07, 6.45) is 1.50. The van der Waals surface area contributed by atoms with Crippen LogP contribution in [0.3, 0.4) is 0 Å². The minimum atomic E-state index is -3.00. The van der Waals surface area contributed by atoms with Gasteiger partial charge in [-0.05, 0) is 0 Å². The van der Waals surface area contributed by atoms with Gasteiger partial charge in [-0.15, -0.1) is 0 Å². The molecule has 0 aliphatic carbocycles. The number of rotatable bonds is 2. The molecule has 0 N–H and O–H groups in total. The van der Waals surface area contributed by atoms with Crippen molar-refractivity contribution >= 4 is 0 Å². The van der Waals surface area contributed by atoms with Crippen LogP contribution in [0.25, 0.3) is 0 Å². The molecule has 10 heterocycles. The normalized spacial score (nSPS) is 127. The SMILES string of the molecule is CCC(C)(C)[C]12[CH]3[CH]4[CH]5[CH]1[Ru]45321678[CH]2[CH]1[CH]6[CH]7[CH]28. The monoisotopic (exact) mass is 302 g/mol. The molecular formula is C15H20Ru. The van der Waals surface area contributed by atoms with Gasteiger partial charge in [0.25, 0.3) is 0 Å². The Morgan fingerprint density at radius 3 is 1.50 bits per heavy atom.